The van der Waals surface area contributed by atoms with Gasteiger partial charge in [0.2, 0.25) is 0 Å². The highest BCUT2D eigenvalue weighted by Crippen LogP contribution is 2.41. The van der Waals surface area contributed by atoms with E-state index in [4.69, 9.17) is 0 Å². The van der Waals surface area contributed by atoms with Gasteiger partial charge in [-0.25, -0.2) is 4.79 Å². The molecule has 1 aromatic heterocycles. The van der Waals surface area contributed by atoms with Crippen LogP contribution in [0.15, 0.2) is 21.4 Å². The average Bonchev–Trinajstić information content (AvgIpc) is 2.87. The number of rotatable bonds is 2. The number of ketones is 1. The lowest BCUT2D eigenvalue weighted by Crippen LogP contribution is -2.04. The van der Waals surface area contributed by atoms with Crippen LogP contribution in [0.5, 0.6) is 0 Å². The first-order valence-electron chi connectivity index (χ1n) is 5.52. The zero-order valence-electron chi connectivity index (χ0n) is 9.21. The third-order valence-corrected chi connectivity index (χ3v) is 3.97. The molecule has 5 heteroatoms. The number of H-pyrrole nitrogens is 2. The maximum Gasteiger partial charge on any atom is 0.323 e. The molecule has 88 valence electrons. The van der Waals surface area contributed by atoms with Gasteiger partial charge in [0.1, 0.15) is 0 Å². The summed E-state index contributed by atoms with van der Waals surface area (Å²) in [4.78, 5) is 28.7. The van der Waals surface area contributed by atoms with Gasteiger partial charge in [0.25, 0.3) is 0 Å². The van der Waals surface area contributed by atoms with E-state index >= 15 is 0 Å². The molecular weight excluding hydrogens is 284 g/mol. The fourth-order valence-electron chi connectivity index (χ4n) is 2.13. The molecule has 0 aliphatic heterocycles. The molecule has 0 radical (unpaired) electrons. The molecule has 1 saturated carbocycles. The van der Waals surface area contributed by atoms with Crippen LogP contribution in [0, 0.1) is 11.8 Å². The number of halogens is 1. The Kier molecular flexibility index (Phi) is 2.26. The van der Waals surface area contributed by atoms with Crippen molar-refractivity contribution in [3.8, 4) is 0 Å². The minimum atomic E-state index is -0.253. The van der Waals surface area contributed by atoms with Crippen molar-refractivity contribution >= 4 is 32.7 Å². The number of imidazole rings is 1. The summed E-state index contributed by atoms with van der Waals surface area (Å²) in [6, 6.07) is 3.51. The molecule has 1 aliphatic rings. The van der Waals surface area contributed by atoms with Crippen molar-refractivity contribution in [2.45, 2.75) is 13.3 Å². The smallest absolute Gasteiger partial charge is 0.306 e. The predicted molar refractivity (Wildman–Crippen MR) is 68.2 cm³/mol. The van der Waals surface area contributed by atoms with E-state index in [0.29, 0.717) is 22.5 Å². The number of nitrogens with one attached hydrogen (secondary N) is 2. The fourth-order valence-corrected chi connectivity index (χ4v) is 2.67. The third kappa shape index (κ3) is 1.74. The number of hydrogen-bond acceptors (Lipinski definition) is 2. The Bertz CT molecular complexity index is 671. The molecular formula is C12H11BrN2O2. The number of benzene rings is 1. The average molecular weight is 295 g/mol. The first-order chi connectivity index (χ1) is 8.06. The highest BCUT2D eigenvalue weighted by atomic mass is 79.9. The zero-order valence-corrected chi connectivity index (χ0v) is 10.8. The summed E-state index contributed by atoms with van der Waals surface area (Å²) >= 11 is 3.39. The number of aromatic nitrogens is 2. The quantitative estimate of drug-likeness (QED) is 0.836. The molecule has 1 aromatic carbocycles. The number of hydrogen-bond donors (Lipinski definition) is 2. The number of aromatic amines is 2. The van der Waals surface area contributed by atoms with Gasteiger partial charge in [0.15, 0.2) is 5.78 Å². The topological polar surface area (TPSA) is 65.7 Å². The second kappa shape index (κ2) is 3.57. The van der Waals surface area contributed by atoms with Gasteiger partial charge < -0.3 is 9.97 Å². The van der Waals surface area contributed by atoms with E-state index in [1.165, 1.54) is 0 Å². The predicted octanol–water partition coefficient (Wildman–Crippen LogP) is 2.46. The van der Waals surface area contributed by atoms with Crippen LogP contribution < -0.4 is 5.69 Å². The highest BCUT2D eigenvalue weighted by Gasteiger charge is 2.40. The van der Waals surface area contributed by atoms with Crippen molar-refractivity contribution in [3.63, 3.8) is 0 Å². The van der Waals surface area contributed by atoms with Crippen LogP contribution in [0.2, 0.25) is 0 Å². The van der Waals surface area contributed by atoms with E-state index in [9.17, 15) is 9.59 Å². The summed E-state index contributed by atoms with van der Waals surface area (Å²) in [5.41, 5.74) is 1.79. The van der Waals surface area contributed by atoms with E-state index in [-0.39, 0.29) is 17.4 Å². The number of fused-ring (bicyclic) bond motifs is 1. The SMILES string of the molecule is CC1CC1C(=O)c1cc2[nH]c(=O)[nH]c2cc1Br. The molecule has 3 rings (SSSR count). The third-order valence-electron chi connectivity index (χ3n) is 3.32. The van der Waals surface area contributed by atoms with Crippen LogP contribution in [0.4, 0.5) is 0 Å². The summed E-state index contributed by atoms with van der Waals surface area (Å²) in [5.74, 6) is 0.790. The molecule has 17 heavy (non-hydrogen) atoms. The summed E-state index contributed by atoms with van der Waals surface area (Å²) in [5, 5.41) is 0. The lowest BCUT2D eigenvalue weighted by molar-refractivity contribution is 0.0961. The first kappa shape index (κ1) is 10.8. The summed E-state index contributed by atoms with van der Waals surface area (Å²) in [6.45, 7) is 2.08. The summed E-state index contributed by atoms with van der Waals surface area (Å²) < 4.78 is 0.740. The van der Waals surface area contributed by atoms with E-state index in [2.05, 4.69) is 32.8 Å². The summed E-state index contributed by atoms with van der Waals surface area (Å²) in [7, 11) is 0. The number of carbonyl (C=O) groups excluding carboxylic acids is 1. The Morgan fingerprint density at radius 2 is 1.94 bits per heavy atom. The van der Waals surface area contributed by atoms with Crippen molar-refractivity contribution < 1.29 is 4.79 Å². The standard InChI is InChI=1S/C12H11BrN2O2/c1-5-2-6(5)11(16)7-3-9-10(4-8(7)13)15-12(17)14-9/h3-6H,2H2,1H3,(H2,14,15,17). The molecule has 2 unspecified atom stereocenters. The molecule has 2 N–H and O–H groups in total. The lowest BCUT2D eigenvalue weighted by atomic mass is 10.1. The molecule has 2 atom stereocenters. The van der Waals surface area contributed by atoms with Crippen LogP contribution in [-0.4, -0.2) is 15.8 Å². The number of Topliss-reactive ketones (excluding diaryl/α,β-unsaturated/α-hetero) is 1. The van der Waals surface area contributed by atoms with Gasteiger partial charge in [-0.2, -0.15) is 0 Å². The van der Waals surface area contributed by atoms with Crippen LogP contribution >= 0.6 is 15.9 Å². The van der Waals surface area contributed by atoms with E-state index in [0.717, 1.165) is 10.9 Å². The zero-order chi connectivity index (χ0) is 12.2. The van der Waals surface area contributed by atoms with Gasteiger partial charge in [-0.1, -0.05) is 6.92 Å². The van der Waals surface area contributed by atoms with Crippen LogP contribution in [0.25, 0.3) is 11.0 Å². The monoisotopic (exact) mass is 294 g/mol. The minimum Gasteiger partial charge on any atom is -0.306 e. The van der Waals surface area contributed by atoms with E-state index in [1.54, 1.807) is 12.1 Å². The highest BCUT2D eigenvalue weighted by molar-refractivity contribution is 9.10. The summed E-state index contributed by atoms with van der Waals surface area (Å²) in [6.07, 6.45) is 0.965. The molecule has 4 nitrogen and oxygen atoms in total. The molecule has 0 amide bonds. The molecule has 1 heterocycles. The van der Waals surface area contributed by atoms with Crippen molar-refractivity contribution in [2.75, 3.05) is 0 Å². The van der Waals surface area contributed by atoms with Crippen molar-refractivity contribution in [3.05, 3.63) is 32.7 Å². The Balaban J connectivity index is 2.12. The van der Waals surface area contributed by atoms with Gasteiger partial charge in [-0.15, -0.1) is 0 Å². The van der Waals surface area contributed by atoms with E-state index < -0.39 is 0 Å². The largest absolute Gasteiger partial charge is 0.323 e. The van der Waals surface area contributed by atoms with Gasteiger partial charge in [0, 0.05) is 16.0 Å². The van der Waals surface area contributed by atoms with Crippen molar-refractivity contribution in [2.24, 2.45) is 11.8 Å². The van der Waals surface area contributed by atoms with Gasteiger partial charge in [-0.05, 0) is 40.4 Å². The maximum absolute atomic E-state index is 12.2. The van der Waals surface area contributed by atoms with Crippen molar-refractivity contribution in [1.82, 2.24) is 9.97 Å². The molecule has 0 saturated heterocycles. The Hall–Kier alpha value is -1.36. The van der Waals surface area contributed by atoms with Crippen LogP contribution in [-0.2, 0) is 0 Å². The second-order valence-corrected chi connectivity index (χ2v) is 5.49. The van der Waals surface area contributed by atoms with Gasteiger partial charge >= 0.3 is 5.69 Å². The van der Waals surface area contributed by atoms with Crippen LogP contribution in [0.1, 0.15) is 23.7 Å². The first-order valence-corrected chi connectivity index (χ1v) is 6.31. The number of carbonyl (C=O) groups is 1. The fraction of sp³-hybridized carbons (Fsp3) is 0.333. The Labute approximate surface area is 106 Å². The molecule has 1 aliphatic carbocycles. The van der Waals surface area contributed by atoms with E-state index in [1.807, 2.05) is 0 Å². The maximum atomic E-state index is 12.2. The Morgan fingerprint density at radius 3 is 2.53 bits per heavy atom. The Morgan fingerprint density at radius 1 is 1.35 bits per heavy atom. The lowest BCUT2D eigenvalue weighted by Gasteiger charge is -2.03. The normalized spacial score (nSPS) is 22.9. The van der Waals surface area contributed by atoms with Crippen molar-refractivity contribution in [1.29, 1.82) is 0 Å². The van der Waals surface area contributed by atoms with Crippen LogP contribution in [0.3, 0.4) is 0 Å². The molecule has 2 aromatic rings. The van der Waals surface area contributed by atoms with Gasteiger partial charge in [-0.3, -0.25) is 4.79 Å². The molecule has 1 fully saturated rings. The van der Waals surface area contributed by atoms with Gasteiger partial charge in [0.05, 0.1) is 11.0 Å². The molecule has 0 bridgehead atoms. The second-order valence-electron chi connectivity index (χ2n) is 4.64. The molecule has 0 spiro atoms. The minimum absolute atomic E-state index is 0.148.